The quantitative estimate of drug-likeness (QED) is 0.0919. The number of unbranched alkanes of at least 4 members (excludes halogenated alkanes) is 2. The number of amides is 3. The van der Waals surface area contributed by atoms with Gasteiger partial charge in [-0.3, -0.25) is 19.3 Å². The molecule has 58 heavy (non-hydrogen) atoms. The molecule has 0 aliphatic carbocycles. The van der Waals surface area contributed by atoms with Gasteiger partial charge < -0.3 is 19.5 Å². The zero-order valence-corrected chi connectivity index (χ0v) is 33.7. The number of sulfonamides is 1. The second kappa shape index (κ2) is 15.0. The maximum Gasteiger partial charge on any atom is 0.254 e. The second-order valence-electron chi connectivity index (χ2n) is 15.9. The maximum atomic E-state index is 13.6. The van der Waals surface area contributed by atoms with Crippen molar-refractivity contribution in [2.24, 2.45) is 0 Å². The molecule has 3 amide bonds. The van der Waals surface area contributed by atoms with Crippen LogP contribution in [-0.4, -0.2) is 89.8 Å². The fourth-order valence-electron chi connectivity index (χ4n) is 9.62. The van der Waals surface area contributed by atoms with E-state index in [0.29, 0.717) is 36.3 Å². The molecule has 6 aliphatic rings. The Hall–Kier alpha value is -4.90. The molecular weight excluding hydrogens is 783 g/mol. The van der Waals surface area contributed by atoms with Crippen LogP contribution >= 0.6 is 0 Å². The van der Waals surface area contributed by atoms with Crippen molar-refractivity contribution in [1.29, 1.82) is 0 Å². The third-order valence-electron chi connectivity index (χ3n) is 12.2. The minimum absolute atomic E-state index is 0.0330. The number of imide groups is 1. The van der Waals surface area contributed by atoms with Gasteiger partial charge in [-0.1, -0.05) is 12.5 Å². The number of fused-ring (bicyclic) bond motifs is 4. The Bertz CT molecular complexity index is 2670. The highest BCUT2D eigenvalue weighted by atomic mass is 32.2. The van der Waals surface area contributed by atoms with Gasteiger partial charge in [-0.2, -0.15) is 0 Å². The Kier molecular flexibility index (Phi) is 10.0. The number of hydrogen-bond acceptors (Lipinski definition) is 10. The summed E-state index contributed by atoms with van der Waals surface area (Å²) in [5, 5.41) is 4.58. The van der Waals surface area contributed by atoms with Crippen LogP contribution in [0.5, 0.6) is 11.5 Å². The summed E-state index contributed by atoms with van der Waals surface area (Å²) in [4.78, 5) is 37.8. The number of hydrogen-bond donors (Lipinski definition) is 2. The van der Waals surface area contributed by atoms with Crippen LogP contribution in [0, 0.1) is 0 Å². The van der Waals surface area contributed by atoms with E-state index in [0.717, 1.165) is 123 Å². The van der Waals surface area contributed by atoms with E-state index in [-0.39, 0.29) is 30.1 Å². The van der Waals surface area contributed by atoms with Gasteiger partial charge in [0.25, 0.3) is 11.8 Å². The molecule has 0 spiro atoms. The van der Waals surface area contributed by atoms with Gasteiger partial charge in [-0.05, 0) is 81.2 Å². The molecule has 9 rings (SSSR count). The van der Waals surface area contributed by atoms with E-state index in [9.17, 15) is 35.8 Å². The number of carbonyl (C=O) groups excluding carboxylic acids is 3. The van der Waals surface area contributed by atoms with Crippen molar-refractivity contribution < 1.29 is 40.5 Å². The summed E-state index contributed by atoms with van der Waals surface area (Å²) in [5.74, 6) is -0.182. The van der Waals surface area contributed by atoms with Crippen LogP contribution in [0.3, 0.4) is 0 Å². The van der Waals surface area contributed by atoms with Crippen molar-refractivity contribution >= 4 is 49.1 Å². The lowest BCUT2D eigenvalue weighted by molar-refractivity contribution is -0.141. The number of aryl methyl sites for hydroxylation is 2. The van der Waals surface area contributed by atoms with Crippen molar-refractivity contribution in [2.45, 2.75) is 80.4 Å². The van der Waals surface area contributed by atoms with Crippen LogP contribution in [0.15, 0.2) is 52.3 Å². The minimum Gasteiger partial charge on any atom is -0.744 e. The molecule has 304 valence electrons. The van der Waals surface area contributed by atoms with Crippen molar-refractivity contribution in [3.05, 3.63) is 86.4 Å². The van der Waals surface area contributed by atoms with Crippen LogP contribution < -0.4 is 34.8 Å². The number of ether oxygens (including phenoxy) is 1. The van der Waals surface area contributed by atoms with Crippen LogP contribution in [0.25, 0.3) is 5.57 Å². The van der Waals surface area contributed by atoms with E-state index in [4.69, 9.17) is 4.74 Å². The summed E-state index contributed by atoms with van der Waals surface area (Å²) in [7, 11) is -9.41. The van der Waals surface area contributed by atoms with Gasteiger partial charge in [0.05, 0.1) is 15.4 Å². The predicted molar refractivity (Wildman–Crippen MR) is 213 cm³/mol. The minimum atomic E-state index is -5.19. The van der Waals surface area contributed by atoms with Gasteiger partial charge in [0.1, 0.15) is 41.3 Å². The zero-order chi connectivity index (χ0) is 40.3. The summed E-state index contributed by atoms with van der Waals surface area (Å²) in [6.45, 7) is 3.78. The first-order valence-corrected chi connectivity index (χ1v) is 23.1. The Morgan fingerprint density at radius 2 is 1.50 bits per heavy atom. The highest BCUT2D eigenvalue weighted by Gasteiger charge is 2.37. The van der Waals surface area contributed by atoms with Crippen molar-refractivity contribution in [1.82, 2.24) is 19.5 Å². The first-order valence-electron chi connectivity index (χ1n) is 20.2. The molecule has 6 aliphatic heterocycles. The predicted octanol–water partition coefficient (Wildman–Crippen LogP) is 1.52. The van der Waals surface area contributed by atoms with Crippen LogP contribution in [0.2, 0.25) is 0 Å². The Morgan fingerprint density at radius 3 is 2.28 bits per heavy atom. The average Bonchev–Trinajstić information content (AvgIpc) is 3.52. The molecule has 0 aromatic heterocycles. The molecule has 2 N–H and O–H groups in total. The average molecular weight is 828 g/mol. The van der Waals surface area contributed by atoms with E-state index in [1.807, 2.05) is 0 Å². The molecule has 0 radical (unpaired) electrons. The molecule has 16 heteroatoms. The highest BCUT2D eigenvalue weighted by Crippen LogP contribution is 2.49. The highest BCUT2D eigenvalue weighted by molar-refractivity contribution is 7.89. The Labute approximate surface area is 337 Å². The third kappa shape index (κ3) is 6.92. The van der Waals surface area contributed by atoms with Crippen molar-refractivity contribution in [3.63, 3.8) is 0 Å². The van der Waals surface area contributed by atoms with E-state index in [1.54, 1.807) is 0 Å². The SMILES string of the molecule is O=C(CN1C(=O)C=CC1=O)NCCCCCNS(=O)(=O)c1ccc(C2=c3cc4c5c(c3Oc3c2cc2c6c3CCCN6CCC2)CCC[N+]=5CCC4)c(S(=O)(=O)[O-])c1. The third-order valence-corrected chi connectivity index (χ3v) is 14.5. The number of nitrogens with zero attached hydrogens (tertiary/aromatic N) is 3. The zero-order valence-electron chi connectivity index (χ0n) is 32.1. The number of rotatable bonds is 12. The summed E-state index contributed by atoms with van der Waals surface area (Å²) in [5.41, 5.74) is 7.20. The molecule has 0 fully saturated rings. The summed E-state index contributed by atoms with van der Waals surface area (Å²) < 4.78 is 78.9. The summed E-state index contributed by atoms with van der Waals surface area (Å²) in [6.07, 6.45) is 10.9. The fraction of sp³-hybridized carbons (Fsp3) is 0.429. The van der Waals surface area contributed by atoms with E-state index in [1.165, 1.54) is 34.3 Å². The summed E-state index contributed by atoms with van der Waals surface area (Å²) in [6, 6.07) is 8.02. The van der Waals surface area contributed by atoms with Gasteiger partial charge >= 0.3 is 0 Å². The second-order valence-corrected chi connectivity index (χ2v) is 19.0. The van der Waals surface area contributed by atoms with E-state index in [2.05, 4.69) is 31.6 Å². The van der Waals surface area contributed by atoms with E-state index >= 15 is 0 Å². The topological polar surface area (TPSA) is 185 Å². The van der Waals surface area contributed by atoms with Crippen LogP contribution in [0.4, 0.5) is 5.69 Å². The Morgan fingerprint density at radius 1 is 0.793 bits per heavy atom. The number of nitrogens with one attached hydrogen (secondary N) is 2. The number of anilines is 1. The summed E-state index contributed by atoms with van der Waals surface area (Å²) >= 11 is 0. The Balaban J connectivity index is 1.03. The first-order chi connectivity index (χ1) is 27.9. The molecule has 0 atom stereocenters. The number of carbonyl (C=O) groups is 3. The normalized spacial score (nSPS) is 18.1. The molecule has 14 nitrogen and oxygen atoms in total. The molecule has 3 aromatic rings. The van der Waals surface area contributed by atoms with Crippen LogP contribution in [-0.2, 0) is 60.2 Å². The van der Waals surface area contributed by atoms with Gasteiger partial charge in [-0.15, -0.1) is 0 Å². The lowest BCUT2D eigenvalue weighted by Gasteiger charge is -2.39. The van der Waals surface area contributed by atoms with Crippen LogP contribution in [0.1, 0.15) is 78.3 Å². The lowest BCUT2D eigenvalue weighted by Crippen LogP contribution is -2.45. The molecule has 6 heterocycles. The standard InChI is InChI=1S/C42H45N5O9S2/c48-35(25-47-36(49)14-15-37(47)50)43-16-2-1-3-17-44-57(51,52)28-12-13-29(34(24-28)58(53,54)55)38-32-22-26-8-4-18-45-20-6-10-30(39(26)45)41(32)56-42-31-11-7-21-46-19-5-9-27(40(31)46)23-33(38)42/h12-15,22-24,44H,1-11,16-21,25H2,(H-,43,48,53,54,55). The molecule has 3 aromatic carbocycles. The number of benzene rings is 3. The smallest absolute Gasteiger partial charge is 0.254 e. The van der Waals surface area contributed by atoms with Gasteiger partial charge in [0, 0.05) is 89.9 Å². The van der Waals surface area contributed by atoms with Crippen molar-refractivity contribution in [3.8, 4) is 11.5 Å². The van der Waals surface area contributed by atoms with Gasteiger partial charge in [0.2, 0.25) is 21.3 Å². The molecule has 0 unspecified atom stereocenters. The van der Waals surface area contributed by atoms with E-state index < -0.39 is 42.8 Å². The molecule has 0 saturated carbocycles. The monoisotopic (exact) mass is 827 g/mol. The largest absolute Gasteiger partial charge is 0.744 e. The van der Waals surface area contributed by atoms with Crippen molar-refractivity contribution in [2.75, 3.05) is 50.7 Å². The molecular formula is C42H45N5O9S2. The van der Waals surface area contributed by atoms with Gasteiger partial charge in [0.15, 0.2) is 0 Å². The lowest BCUT2D eigenvalue weighted by atomic mass is 9.82. The maximum absolute atomic E-state index is 13.6. The first kappa shape index (κ1) is 38.6. The van der Waals surface area contributed by atoms with Gasteiger partial charge in [-0.25, -0.2) is 26.1 Å². The molecule has 0 saturated heterocycles. The fourth-order valence-corrected chi connectivity index (χ4v) is 11.5. The molecule has 0 bridgehead atoms.